The van der Waals surface area contributed by atoms with Crippen molar-refractivity contribution < 1.29 is 29.4 Å². The molecule has 0 fully saturated rings. The van der Waals surface area contributed by atoms with Gasteiger partial charge in [-0.05, 0) is 36.6 Å². The maximum absolute atomic E-state index is 13.0. The van der Waals surface area contributed by atoms with Crippen LogP contribution in [-0.2, 0) is 6.42 Å². The number of phenolic OH excluding ortho intramolecular Hbond substituents is 2. The number of hydrogen-bond donors (Lipinski definition) is 2. The molecule has 0 saturated heterocycles. The lowest BCUT2D eigenvalue weighted by Gasteiger charge is -2.21. The van der Waals surface area contributed by atoms with Crippen LogP contribution in [0.15, 0.2) is 54.6 Å². The van der Waals surface area contributed by atoms with E-state index in [9.17, 15) is 29.4 Å². The Morgan fingerprint density at radius 3 is 1.75 bits per heavy atom. The largest absolute Gasteiger partial charge is 0.507 e. The first-order valence-corrected chi connectivity index (χ1v) is 10.1. The molecule has 3 aromatic rings. The van der Waals surface area contributed by atoms with Gasteiger partial charge in [0.05, 0.1) is 22.3 Å². The molecule has 0 saturated carbocycles. The number of aromatic hydroxyl groups is 2. The maximum atomic E-state index is 13.0. The molecule has 7 nitrogen and oxygen atoms in total. The predicted molar refractivity (Wildman–Crippen MR) is 113 cm³/mol. The fourth-order valence-electron chi connectivity index (χ4n) is 4.37. The molecule has 1 aliphatic carbocycles. The molecule has 1 heterocycles. The Balaban J connectivity index is 1.40. The van der Waals surface area contributed by atoms with E-state index < -0.39 is 11.6 Å². The Kier molecular flexibility index (Phi) is 4.41. The van der Waals surface area contributed by atoms with Gasteiger partial charge in [-0.1, -0.05) is 36.4 Å². The fraction of sp³-hybridized carbons (Fsp3) is 0.120. The highest BCUT2D eigenvalue weighted by Gasteiger charge is 2.36. The van der Waals surface area contributed by atoms with Crippen LogP contribution in [0.3, 0.4) is 0 Å². The molecule has 1 aliphatic heterocycles. The van der Waals surface area contributed by atoms with Crippen molar-refractivity contribution in [2.24, 2.45) is 0 Å². The van der Waals surface area contributed by atoms with Crippen molar-refractivity contribution >= 4 is 23.4 Å². The molecule has 0 radical (unpaired) electrons. The molecule has 3 aromatic carbocycles. The van der Waals surface area contributed by atoms with Gasteiger partial charge in [0.1, 0.15) is 11.5 Å². The van der Waals surface area contributed by atoms with Crippen molar-refractivity contribution in [1.82, 2.24) is 4.90 Å². The number of hydrogen-bond acceptors (Lipinski definition) is 6. The number of rotatable bonds is 4. The Labute approximate surface area is 182 Å². The molecule has 0 spiro atoms. The van der Waals surface area contributed by atoms with Crippen molar-refractivity contribution in [1.29, 1.82) is 0 Å². The van der Waals surface area contributed by atoms with Crippen molar-refractivity contribution in [3.63, 3.8) is 0 Å². The van der Waals surface area contributed by atoms with Crippen molar-refractivity contribution in [3.05, 3.63) is 93.5 Å². The molecule has 5 rings (SSSR count). The first-order chi connectivity index (χ1) is 15.4. The summed E-state index contributed by atoms with van der Waals surface area (Å²) in [7, 11) is 0. The summed E-state index contributed by atoms with van der Waals surface area (Å²) in [5, 5.41) is 21.3. The minimum atomic E-state index is -0.537. The van der Waals surface area contributed by atoms with Crippen LogP contribution in [0.5, 0.6) is 11.5 Å². The van der Waals surface area contributed by atoms with Crippen molar-refractivity contribution in [2.45, 2.75) is 12.8 Å². The number of imide groups is 1. The zero-order valence-electron chi connectivity index (χ0n) is 16.8. The molecule has 32 heavy (non-hydrogen) atoms. The van der Waals surface area contributed by atoms with Crippen LogP contribution in [0, 0.1) is 0 Å². The average molecular weight is 427 g/mol. The Bertz CT molecular complexity index is 1320. The van der Waals surface area contributed by atoms with Crippen LogP contribution < -0.4 is 0 Å². The number of carbonyl (C=O) groups is 4. The Morgan fingerprint density at radius 1 is 0.688 bits per heavy atom. The van der Waals surface area contributed by atoms with E-state index in [1.165, 1.54) is 18.2 Å². The fourth-order valence-corrected chi connectivity index (χ4v) is 4.37. The van der Waals surface area contributed by atoms with Crippen molar-refractivity contribution in [3.8, 4) is 11.5 Å². The van der Waals surface area contributed by atoms with Crippen LogP contribution in [-0.4, -0.2) is 45.0 Å². The number of benzene rings is 3. The Hall–Kier alpha value is -4.26. The SMILES string of the molecule is O=C1c2ccccc2C(=O)c2c(O)c(CCCN3C(=O)c4ccccc4C3=O)cc(O)c21. The number of ketones is 2. The first-order valence-electron chi connectivity index (χ1n) is 10.1. The van der Waals surface area contributed by atoms with Crippen LogP contribution in [0.25, 0.3) is 0 Å². The summed E-state index contributed by atoms with van der Waals surface area (Å²) in [6.07, 6.45) is 0.485. The van der Waals surface area contributed by atoms with Crippen LogP contribution in [0.4, 0.5) is 0 Å². The predicted octanol–water partition coefficient (Wildman–Crippen LogP) is 3.10. The molecule has 2 amide bonds. The third-order valence-corrected chi connectivity index (χ3v) is 5.93. The van der Waals surface area contributed by atoms with Gasteiger partial charge in [0.25, 0.3) is 11.8 Å². The third-order valence-electron chi connectivity index (χ3n) is 5.93. The summed E-state index contributed by atoms with van der Waals surface area (Å²) >= 11 is 0. The second kappa shape index (κ2) is 7.16. The average Bonchev–Trinajstić information content (AvgIpc) is 3.04. The zero-order chi connectivity index (χ0) is 22.6. The van der Waals surface area contributed by atoms with Gasteiger partial charge in [-0.2, -0.15) is 0 Å². The third kappa shape index (κ3) is 2.75. The summed E-state index contributed by atoms with van der Waals surface area (Å²) in [6, 6.07) is 14.1. The van der Waals surface area contributed by atoms with E-state index >= 15 is 0 Å². The number of amides is 2. The van der Waals surface area contributed by atoms with E-state index in [-0.39, 0.29) is 64.1 Å². The Morgan fingerprint density at radius 2 is 1.19 bits per heavy atom. The number of carbonyl (C=O) groups excluding carboxylic acids is 4. The molecule has 0 bridgehead atoms. The van der Waals surface area contributed by atoms with Gasteiger partial charge in [0.15, 0.2) is 11.6 Å². The molecular weight excluding hydrogens is 410 g/mol. The normalized spacial score (nSPS) is 14.4. The highest BCUT2D eigenvalue weighted by molar-refractivity contribution is 6.30. The molecular formula is C25H17NO6. The molecule has 0 atom stereocenters. The summed E-state index contributed by atoms with van der Waals surface area (Å²) in [4.78, 5) is 51.9. The van der Waals surface area contributed by atoms with E-state index in [2.05, 4.69) is 0 Å². The lowest BCUT2D eigenvalue weighted by molar-refractivity contribution is 0.0652. The summed E-state index contributed by atoms with van der Waals surface area (Å²) < 4.78 is 0. The van der Waals surface area contributed by atoms with E-state index in [1.54, 1.807) is 36.4 Å². The summed E-state index contributed by atoms with van der Waals surface area (Å²) in [5.41, 5.74) is 0.892. The van der Waals surface area contributed by atoms with Gasteiger partial charge < -0.3 is 10.2 Å². The van der Waals surface area contributed by atoms with E-state index in [0.29, 0.717) is 17.5 Å². The standard InChI is InChI=1S/C25H17NO6/c27-18-12-13(6-5-11-26-24(31)16-9-3-4-10-17(16)25(26)32)21(28)20-19(18)22(29)14-7-1-2-8-15(14)23(20)30/h1-4,7-10,12,27-28H,5-6,11H2. The molecule has 2 aliphatic rings. The smallest absolute Gasteiger partial charge is 0.261 e. The van der Waals surface area contributed by atoms with Gasteiger partial charge in [-0.25, -0.2) is 0 Å². The van der Waals surface area contributed by atoms with Gasteiger partial charge in [-0.3, -0.25) is 24.1 Å². The van der Waals surface area contributed by atoms with Crippen LogP contribution >= 0.6 is 0 Å². The second-order valence-corrected chi connectivity index (χ2v) is 7.77. The molecule has 2 N–H and O–H groups in total. The first kappa shape index (κ1) is 19.7. The highest BCUT2D eigenvalue weighted by atomic mass is 16.3. The summed E-state index contributed by atoms with van der Waals surface area (Å²) in [6.45, 7) is 0.110. The topological polar surface area (TPSA) is 112 Å². The minimum absolute atomic E-state index is 0.110. The van der Waals surface area contributed by atoms with Crippen LogP contribution in [0.1, 0.15) is 64.5 Å². The van der Waals surface area contributed by atoms with Gasteiger partial charge in [0.2, 0.25) is 0 Å². The van der Waals surface area contributed by atoms with E-state index in [1.807, 2.05) is 0 Å². The van der Waals surface area contributed by atoms with Gasteiger partial charge in [0, 0.05) is 17.7 Å². The molecule has 7 heteroatoms. The monoisotopic (exact) mass is 427 g/mol. The van der Waals surface area contributed by atoms with Crippen molar-refractivity contribution in [2.75, 3.05) is 6.54 Å². The van der Waals surface area contributed by atoms with Crippen LogP contribution in [0.2, 0.25) is 0 Å². The lowest BCUT2D eigenvalue weighted by atomic mass is 9.81. The number of aryl methyl sites for hydroxylation is 1. The number of nitrogens with zero attached hydrogens (tertiary/aromatic N) is 1. The highest BCUT2D eigenvalue weighted by Crippen LogP contribution is 2.40. The van der Waals surface area contributed by atoms with Gasteiger partial charge >= 0.3 is 0 Å². The molecule has 0 aromatic heterocycles. The summed E-state index contributed by atoms with van der Waals surface area (Å²) in [5.74, 6) is -2.57. The second-order valence-electron chi connectivity index (χ2n) is 7.77. The quantitative estimate of drug-likeness (QED) is 0.382. The minimum Gasteiger partial charge on any atom is -0.507 e. The lowest BCUT2D eigenvalue weighted by Crippen LogP contribution is -2.31. The zero-order valence-corrected chi connectivity index (χ0v) is 16.8. The van der Waals surface area contributed by atoms with E-state index in [0.717, 1.165) is 4.90 Å². The molecule has 0 unspecified atom stereocenters. The molecule has 158 valence electrons. The number of fused-ring (bicyclic) bond motifs is 3. The number of phenols is 2. The van der Waals surface area contributed by atoms with Gasteiger partial charge in [-0.15, -0.1) is 0 Å². The maximum Gasteiger partial charge on any atom is 0.261 e. The van der Waals surface area contributed by atoms with E-state index in [4.69, 9.17) is 0 Å².